The molecule has 5 nitrogen and oxygen atoms in total. The average Bonchev–Trinajstić information content (AvgIpc) is 2.92. The van der Waals surface area contributed by atoms with Crippen LogP contribution < -0.4 is 0 Å². The molecule has 0 fully saturated rings. The second-order valence-corrected chi connectivity index (χ2v) is 12.5. The lowest BCUT2D eigenvalue weighted by atomic mass is 9.95. The van der Waals surface area contributed by atoms with Gasteiger partial charge in [0.15, 0.2) is 0 Å². The van der Waals surface area contributed by atoms with Crippen molar-refractivity contribution in [3.05, 3.63) is 35.9 Å². The molecule has 0 aliphatic carbocycles. The van der Waals surface area contributed by atoms with Gasteiger partial charge in [0.25, 0.3) is 0 Å². The molecular weight excluding hydrogens is 523 g/mol. The van der Waals surface area contributed by atoms with E-state index in [9.17, 15) is 14.5 Å². The number of unbranched alkanes of at least 4 members (excludes halogenated alkanes) is 10. The van der Waals surface area contributed by atoms with Crippen LogP contribution in [0.2, 0.25) is 0 Å². The highest BCUT2D eigenvalue weighted by Crippen LogP contribution is 2.30. The van der Waals surface area contributed by atoms with E-state index in [4.69, 9.17) is 8.92 Å². The highest BCUT2D eigenvalue weighted by atomic mass is 32.2. The molecule has 0 radical (unpaired) electrons. The van der Waals surface area contributed by atoms with Crippen LogP contribution in [0.5, 0.6) is 0 Å². The van der Waals surface area contributed by atoms with Gasteiger partial charge in [-0.25, -0.2) is 4.79 Å². The zero-order valence-electron chi connectivity index (χ0n) is 23.1. The molecule has 37 heavy (non-hydrogen) atoms. The van der Waals surface area contributed by atoms with Gasteiger partial charge in [-0.2, -0.15) is 11.8 Å². The average molecular weight is 574 g/mol. The minimum atomic E-state index is -2.39. The Morgan fingerprint density at radius 2 is 1.49 bits per heavy atom. The van der Waals surface area contributed by atoms with Crippen molar-refractivity contribution in [1.29, 1.82) is 0 Å². The Balaban J connectivity index is 2.15. The van der Waals surface area contributed by atoms with Crippen molar-refractivity contribution < 1.29 is 23.4 Å². The molecule has 0 heterocycles. The maximum atomic E-state index is 12.4. The lowest BCUT2D eigenvalue weighted by Crippen LogP contribution is -2.36. The number of carbonyl (C=O) groups excluding carboxylic acids is 1. The number of hydrogen-bond acceptors (Lipinski definition) is 7. The fraction of sp³-hybridized carbons (Fsp3) is 0.759. The zero-order chi connectivity index (χ0) is 27.0. The summed E-state index contributed by atoms with van der Waals surface area (Å²) in [7, 11) is -1.34. The number of thioether (sulfide) groups is 1. The first-order valence-corrected chi connectivity index (χ1v) is 17.3. The minimum absolute atomic E-state index is 0.166. The van der Waals surface area contributed by atoms with Crippen LogP contribution in [-0.4, -0.2) is 40.5 Å². The molecule has 3 atom stereocenters. The molecule has 0 saturated carbocycles. The van der Waals surface area contributed by atoms with Gasteiger partial charge in [0.05, 0.1) is 18.6 Å². The summed E-state index contributed by atoms with van der Waals surface area (Å²) in [5.74, 6) is 1.82. The molecule has 1 aromatic carbocycles. The van der Waals surface area contributed by atoms with Gasteiger partial charge in [-0.05, 0) is 42.2 Å². The van der Waals surface area contributed by atoms with Crippen molar-refractivity contribution in [3.8, 4) is 0 Å². The van der Waals surface area contributed by atoms with Crippen molar-refractivity contribution in [1.82, 2.24) is 0 Å². The molecule has 1 aromatic rings. The minimum Gasteiger partial charge on any atom is -0.384 e. The molecule has 212 valence electrons. The van der Waals surface area contributed by atoms with Gasteiger partial charge in [0.2, 0.25) is 0 Å². The molecule has 0 aromatic heterocycles. The molecule has 1 N–H and O–H groups in total. The Morgan fingerprint density at radius 1 is 0.892 bits per heavy atom. The summed E-state index contributed by atoms with van der Waals surface area (Å²) in [5, 5.41) is 10.4. The summed E-state index contributed by atoms with van der Waals surface area (Å²) in [4.78, 5) is 12.4. The van der Waals surface area contributed by atoms with Crippen LogP contribution in [0.15, 0.2) is 30.3 Å². The molecule has 0 amide bonds. The smallest absolute Gasteiger partial charge is 0.384 e. The van der Waals surface area contributed by atoms with Crippen LogP contribution >= 0.6 is 32.3 Å². The predicted molar refractivity (Wildman–Crippen MR) is 161 cm³/mol. The summed E-state index contributed by atoms with van der Waals surface area (Å²) in [6.07, 6.45) is 17.2. The normalized spacial score (nSPS) is 13.9. The number of hydrogen-bond donors (Lipinski definition) is 1. The lowest BCUT2D eigenvalue weighted by Gasteiger charge is -2.17. The molecule has 0 bridgehead atoms. The first-order valence-electron chi connectivity index (χ1n) is 14.3. The largest absolute Gasteiger partial charge is 0.471 e. The van der Waals surface area contributed by atoms with E-state index in [1.165, 1.54) is 69.8 Å². The van der Waals surface area contributed by atoms with E-state index in [0.717, 1.165) is 42.8 Å². The predicted octanol–water partition coefficient (Wildman–Crippen LogP) is 8.88. The van der Waals surface area contributed by atoms with E-state index < -0.39 is 20.0 Å². The third-order valence-corrected chi connectivity index (χ3v) is 8.97. The summed E-state index contributed by atoms with van der Waals surface area (Å²) in [6.45, 7) is 4.57. The second-order valence-electron chi connectivity index (χ2n) is 9.65. The molecule has 0 aliphatic rings. The van der Waals surface area contributed by atoms with Crippen molar-refractivity contribution in [3.63, 3.8) is 0 Å². The molecule has 0 aliphatic heterocycles. The van der Waals surface area contributed by atoms with Gasteiger partial charge in [0.1, 0.15) is 0 Å². The molecule has 0 saturated heterocycles. The Bertz CT molecular complexity index is 694. The Morgan fingerprint density at radius 3 is 2.11 bits per heavy atom. The monoisotopic (exact) mass is 573 g/mol. The van der Waals surface area contributed by atoms with Crippen LogP contribution in [0.4, 0.5) is 0 Å². The Labute approximate surface area is 236 Å². The van der Waals surface area contributed by atoms with E-state index in [0.29, 0.717) is 12.2 Å². The highest BCUT2D eigenvalue weighted by molar-refractivity contribution is 7.99. The lowest BCUT2D eigenvalue weighted by molar-refractivity contribution is -0.185. The standard InChI is InChI=1S/C29H49O5PS2/c1-3-5-7-8-9-10-11-12-13-17-23-36-24-18-22-33-29(31,35-32)28(30)34-37-25-27(19-6-4-2)26-20-15-14-16-21-26/h14-16,20-21,27,31H,3-13,17-19,22-25H2,1-2H3/p+1. The van der Waals surface area contributed by atoms with Gasteiger partial charge in [0, 0.05) is 5.75 Å². The van der Waals surface area contributed by atoms with Crippen LogP contribution in [0.1, 0.15) is 115 Å². The highest BCUT2D eigenvalue weighted by Gasteiger charge is 2.49. The van der Waals surface area contributed by atoms with Crippen molar-refractivity contribution in [2.75, 3.05) is 23.9 Å². The van der Waals surface area contributed by atoms with E-state index in [1.54, 1.807) is 0 Å². The molecule has 3 unspecified atom stereocenters. The topological polar surface area (TPSA) is 72.8 Å². The summed E-state index contributed by atoms with van der Waals surface area (Å²) in [5.41, 5.74) is -1.19. The van der Waals surface area contributed by atoms with Gasteiger partial charge in [-0.1, -0.05) is 119 Å². The quantitative estimate of drug-likeness (QED) is 0.0542. The van der Waals surface area contributed by atoms with E-state index in [2.05, 4.69) is 26.0 Å². The van der Waals surface area contributed by atoms with Crippen LogP contribution in [0.25, 0.3) is 0 Å². The number of carbonyl (C=O) groups is 1. The second kappa shape index (κ2) is 23.3. The van der Waals surface area contributed by atoms with Crippen molar-refractivity contribution in [2.45, 2.75) is 115 Å². The Kier molecular flexibility index (Phi) is 21.7. The number of benzene rings is 1. The third kappa shape index (κ3) is 16.9. The summed E-state index contributed by atoms with van der Waals surface area (Å²) < 4.78 is 22.1. The van der Waals surface area contributed by atoms with Gasteiger partial charge in [-0.15, -0.1) is 0 Å². The van der Waals surface area contributed by atoms with E-state index in [-0.39, 0.29) is 12.5 Å². The number of ether oxygens (including phenoxy) is 1. The van der Waals surface area contributed by atoms with E-state index >= 15 is 0 Å². The van der Waals surface area contributed by atoms with Gasteiger partial charge >= 0.3 is 20.0 Å². The van der Waals surface area contributed by atoms with Crippen molar-refractivity contribution in [2.24, 2.45) is 0 Å². The molecular formula is C29H50O5PS2+. The number of rotatable bonds is 25. The van der Waals surface area contributed by atoms with Crippen LogP contribution in [0, 0.1) is 0 Å². The maximum Gasteiger partial charge on any atom is 0.471 e. The first kappa shape index (κ1) is 34.4. The molecule has 0 spiro atoms. The third-order valence-electron chi connectivity index (χ3n) is 6.38. The summed E-state index contributed by atoms with van der Waals surface area (Å²) >= 11 is 2.85. The van der Waals surface area contributed by atoms with Crippen LogP contribution in [-0.2, 0) is 18.3 Å². The molecule has 8 heteroatoms. The van der Waals surface area contributed by atoms with Crippen LogP contribution in [0.3, 0.4) is 0 Å². The summed E-state index contributed by atoms with van der Waals surface area (Å²) in [6, 6.07) is 10.2. The Hall–Kier alpha value is -0.590. The van der Waals surface area contributed by atoms with Crippen molar-refractivity contribution >= 4 is 38.2 Å². The molecule has 1 rings (SSSR count). The number of aliphatic hydroxyl groups is 1. The fourth-order valence-electron chi connectivity index (χ4n) is 4.05. The maximum absolute atomic E-state index is 12.4. The van der Waals surface area contributed by atoms with Gasteiger partial charge < -0.3 is 14.0 Å². The van der Waals surface area contributed by atoms with E-state index in [1.807, 2.05) is 30.0 Å². The van der Waals surface area contributed by atoms with Gasteiger partial charge in [-0.3, -0.25) is 0 Å². The zero-order valence-corrected chi connectivity index (χ0v) is 25.7. The SMILES string of the molecule is CCCCCCCCCCCCSCCCOC(O)([PH+]=O)C(=O)OSCC(CCCC)c1ccccc1. The first-order chi connectivity index (χ1) is 18.1. The fourth-order valence-corrected chi connectivity index (χ4v) is 6.17.